The van der Waals surface area contributed by atoms with Crippen LogP contribution in [0.25, 0.3) is 0 Å². The highest BCUT2D eigenvalue weighted by Crippen LogP contribution is 2.30. The van der Waals surface area contributed by atoms with Crippen LogP contribution >= 0.6 is 11.8 Å². The number of benzene rings is 1. The molecule has 0 saturated carbocycles. The lowest BCUT2D eigenvalue weighted by Crippen LogP contribution is -2.50. The second-order valence-electron chi connectivity index (χ2n) is 5.91. The fraction of sp³-hybridized carbons (Fsp3) is 0.529. The van der Waals surface area contributed by atoms with Gasteiger partial charge < -0.3 is 14.5 Å². The minimum Gasteiger partial charge on any atom is -0.453 e. The summed E-state index contributed by atoms with van der Waals surface area (Å²) in [5.74, 6) is 1.33. The standard InChI is InChI=1S/C17H22N2O3S/c1-22-17(21)19-8-6-18(7-9-19)16(20)12-13-4-5-15-14(11-13)3-2-10-23-15/h4-5,11H,2-3,6-10,12H2,1H3. The number of thioether (sulfide) groups is 1. The van der Waals surface area contributed by atoms with Crippen molar-refractivity contribution in [1.82, 2.24) is 9.80 Å². The Hall–Kier alpha value is -1.69. The summed E-state index contributed by atoms with van der Waals surface area (Å²) >= 11 is 1.90. The summed E-state index contributed by atoms with van der Waals surface area (Å²) in [6.07, 6.45) is 2.45. The number of hydrogen-bond acceptors (Lipinski definition) is 4. The van der Waals surface area contributed by atoms with Crippen molar-refractivity contribution >= 4 is 23.8 Å². The number of amides is 2. The first-order valence-electron chi connectivity index (χ1n) is 8.02. The number of methoxy groups -OCH3 is 1. The zero-order chi connectivity index (χ0) is 16.2. The molecule has 0 spiro atoms. The zero-order valence-corrected chi connectivity index (χ0v) is 14.2. The van der Waals surface area contributed by atoms with E-state index in [0.29, 0.717) is 32.6 Å². The average Bonchev–Trinajstić information content (AvgIpc) is 2.61. The summed E-state index contributed by atoms with van der Waals surface area (Å²) in [6.45, 7) is 2.24. The van der Waals surface area contributed by atoms with Crippen LogP contribution in [0.5, 0.6) is 0 Å². The van der Waals surface area contributed by atoms with Gasteiger partial charge in [-0.05, 0) is 35.8 Å². The van der Waals surface area contributed by atoms with Crippen molar-refractivity contribution in [3.05, 3.63) is 29.3 Å². The number of aryl methyl sites for hydroxylation is 1. The summed E-state index contributed by atoms with van der Waals surface area (Å²) in [5, 5.41) is 0. The van der Waals surface area contributed by atoms with Gasteiger partial charge in [0.15, 0.2) is 0 Å². The Balaban J connectivity index is 1.56. The predicted octanol–water partition coefficient (Wildman–Crippen LogP) is 2.18. The summed E-state index contributed by atoms with van der Waals surface area (Å²) in [4.78, 5) is 28.8. The maximum absolute atomic E-state index is 12.5. The van der Waals surface area contributed by atoms with Crippen LogP contribution in [0.3, 0.4) is 0 Å². The van der Waals surface area contributed by atoms with Crippen LogP contribution in [0, 0.1) is 0 Å². The highest BCUT2D eigenvalue weighted by Gasteiger charge is 2.24. The predicted molar refractivity (Wildman–Crippen MR) is 89.7 cm³/mol. The molecule has 2 amide bonds. The first-order chi connectivity index (χ1) is 11.2. The molecule has 1 aromatic rings. The fourth-order valence-corrected chi connectivity index (χ4v) is 4.10. The monoisotopic (exact) mass is 334 g/mol. The van der Waals surface area contributed by atoms with Crippen molar-refractivity contribution < 1.29 is 14.3 Å². The van der Waals surface area contributed by atoms with Crippen molar-refractivity contribution in [2.75, 3.05) is 39.0 Å². The molecular weight excluding hydrogens is 312 g/mol. The van der Waals surface area contributed by atoms with E-state index in [2.05, 4.69) is 18.2 Å². The van der Waals surface area contributed by atoms with Crippen LogP contribution in [-0.4, -0.2) is 60.8 Å². The van der Waals surface area contributed by atoms with E-state index >= 15 is 0 Å². The molecule has 0 N–H and O–H groups in total. The average molecular weight is 334 g/mol. The van der Waals surface area contributed by atoms with E-state index in [-0.39, 0.29) is 12.0 Å². The molecular formula is C17H22N2O3S. The summed E-state index contributed by atoms with van der Waals surface area (Å²) in [6, 6.07) is 6.40. The smallest absolute Gasteiger partial charge is 0.409 e. The molecule has 1 fully saturated rings. The SMILES string of the molecule is COC(=O)N1CCN(C(=O)Cc2ccc3c(c2)CCCS3)CC1. The Morgan fingerprint density at radius 1 is 1.17 bits per heavy atom. The number of hydrogen-bond donors (Lipinski definition) is 0. The molecule has 0 bridgehead atoms. The molecule has 2 aliphatic heterocycles. The second-order valence-corrected chi connectivity index (χ2v) is 7.05. The normalized spacial score (nSPS) is 17.6. The van der Waals surface area contributed by atoms with Crippen LogP contribution in [-0.2, 0) is 22.4 Å². The van der Waals surface area contributed by atoms with Gasteiger partial charge in [0.1, 0.15) is 0 Å². The van der Waals surface area contributed by atoms with Crippen molar-refractivity contribution in [3.63, 3.8) is 0 Å². The van der Waals surface area contributed by atoms with Gasteiger partial charge in [0, 0.05) is 31.1 Å². The number of fused-ring (bicyclic) bond motifs is 1. The van der Waals surface area contributed by atoms with E-state index in [1.165, 1.54) is 29.7 Å². The number of nitrogens with zero attached hydrogens (tertiary/aromatic N) is 2. The topological polar surface area (TPSA) is 49.9 Å². The van der Waals surface area contributed by atoms with Gasteiger partial charge in [0.2, 0.25) is 5.91 Å². The Bertz CT molecular complexity index is 598. The van der Waals surface area contributed by atoms with Crippen molar-refractivity contribution in [2.45, 2.75) is 24.2 Å². The molecule has 2 aliphatic rings. The molecule has 3 rings (SSSR count). The molecule has 124 valence electrons. The van der Waals surface area contributed by atoms with Crippen LogP contribution in [0.4, 0.5) is 4.79 Å². The molecule has 23 heavy (non-hydrogen) atoms. The largest absolute Gasteiger partial charge is 0.453 e. The minimum absolute atomic E-state index is 0.137. The fourth-order valence-electron chi connectivity index (χ4n) is 3.08. The van der Waals surface area contributed by atoms with Gasteiger partial charge in [-0.3, -0.25) is 4.79 Å². The molecule has 1 aromatic carbocycles. The Morgan fingerprint density at radius 2 is 1.91 bits per heavy atom. The van der Waals surface area contributed by atoms with Crippen LogP contribution in [0.1, 0.15) is 17.5 Å². The van der Waals surface area contributed by atoms with Crippen LogP contribution < -0.4 is 0 Å². The van der Waals surface area contributed by atoms with E-state index in [9.17, 15) is 9.59 Å². The quantitative estimate of drug-likeness (QED) is 0.832. The van der Waals surface area contributed by atoms with Crippen LogP contribution in [0.2, 0.25) is 0 Å². The second kappa shape index (κ2) is 7.25. The van der Waals surface area contributed by atoms with Gasteiger partial charge in [-0.2, -0.15) is 0 Å². The van der Waals surface area contributed by atoms with Gasteiger partial charge in [0.05, 0.1) is 13.5 Å². The van der Waals surface area contributed by atoms with Gasteiger partial charge in [-0.25, -0.2) is 4.79 Å². The van der Waals surface area contributed by atoms with E-state index < -0.39 is 0 Å². The molecule has 0 unspecified atom stereocenters. The molecule has 0 atom stereocenters. The molecule has 6 heteroatoms. The number of carbonyl (C=O) groups is 2. The Kier molecular flexibility index (Phi) is 5.10. The number of ether oxygens (including phenoxy) is 1. The highest BCUT2D eigenvalue weighted by atomic mass is 32.2. The molecule has 0 aliphatic carbocycles. The number of rotatable bonds is 2. The first kappa shape index (κ1) is 16.2. The van der Waals surface area contributed by atoms with Gasteiger partial charge >= 0.3 is 6.09 Å². The molecule has 2 heterocycles. The van der Waals surface area contributed by atoms with Crippen molar-refractivity contribution in [2.24, 2.45) is 0 Å². The summed E-state index contributed by atoms with van der Waals surface area (Å²) < 4.78 is 4.72. The van der Waals surface area contributed by atoms with E-state index in [4.69, 9.17) is 4.74 Å². The highest BCUT2D eigenvalue weighted by molar-refractivity contribution is 7.99. The number of piperazine rings is 1. The van der Waals surface area contributed by atoms with Gasteiger partial charge in [-0.15, -0.1) is 11.8 Å². The molecule has 5 nitrogen and oxygen atoms in total. The van der Waals surface area contributed by atoms with E-state index in [0.717, 1.165) is 12.0 Å². The third-order valence-corrected chi connectivity index (χ3v) is 5.60. The summed E-state index contributed by atoms with van der Waals surface area (Å²) in [7, 11) is 1.38. The lowest BCUT2D eigenvalue weighted by molar-refractivity contribution is -0.132. The van der Waals surface area contributed by atoms with Crippen molar-refractivity contribution in [1.29, 1.82) is 0 Å². The zero-order valence-electron chi connectivity index (χ0n) is 13.4. The van der Waals surface area contributed by atoms with Crippen LogP contribution in [0.15, 0.2) is 23.1 Å². The minimum atomic E-state index is -0.315. The molecule has 1 saturated heterocycles. The molecule has 0 radical (unpaired) electrons. The maximum atomic E-state index is 12.5. The maximum Gasteiger partial charge on any atom is 0.409 e. The Morgan fingerprint density at radius 3 is 2.65 bits per heavy atom. The van der Waals surface area contributed by atoms with E-state index in [1.807, 2.05) is 16.7 Å². The molecule has 0 aromatic heterocycles. The van der Waals surface area contributed by atoms with Gasteiger partial charge in [0.25, 0.3) is 0 Å². The van der Waals surface area contributed by atoms with Crippen molar-refractivity contribution in [3.8, 4) is 0 Å². The lowest BCUT2D eigenvalue weighted by atomic mass is 10.0. The first-order valence-corrected chi connectivity index (χ1v) is 9.01. The summed E-state index contributed by atoms with van der Waals surface area (Å²) in [5.41, 5.74) is 2.47. The third kappa shape index (κ3) is 3.80. The number of carbonyl (C=O) groups excluding carboxylic acids is 2. The third-order valence-electron chi connectivity index (χ3n) is 4.39. The van der Waals surface area contributed by atoms with E-state index in [1.54, 1.807) is 4.90 Å². The lowest BCUT2D eigenvalue weighted by Gasteiger charge is -2.34. The van der Waals surface area contributed by atoms with Gasteiger partial charge in [-0.1, -0.05) is 12.1 Å². The Labute approximate surface area is 141 Å².